The molecule has 0 radical (unpaired) electrons. The lowest BCUT2D eigenvalue weighted by atomic mass is 10.00. The lowest BCUT2D eigenvalue weighted by Gasteiger charge is -2.33. The lowest BCUT2D eigenvalue weighted by Crippen LogP contribution is -2.46. The van der Waals surface area contributed by atoms with E-state index < -0.39 is 35.6 Å². The Morgan fingerprint density at radius 3 is 2.33 bits per heavy atom. The molecule has 1 atom stereocenters. The van der Waals surface area contributed by atoms with Crippen molar-refractivity contribution in [2.45, 2.75) is 31.8 Å². The summed E-state index contributed by atoms with van der Waals surface area (Å²) in [5.74, 6) is -0.202. The van der Waals surface area contributed by atoms with Crippen LogP contribution in [0.2, 0.25) is 0 Å². The largest absolute Gasteiger partial charge is 0.493 e. The van der Waals surface area contributed by atoms with Gasteiger partial charge in [-0.05, 0) is 48.6 Å². The third-order valence-corrected chi connectivity index (χ3v) is 7.69. The summed E-state index contributed by atoms with van der Waals surface area (Å²) in [6, 6.07) is 6.26. The van der Waals surface area contributed by atoms with Crippen molar-refractivity contribution in [2.24, 2.45) is 4.99 Å². The second-order valence-corrected chi connectivity index (χ2v) is 10.5. The van der Waals surface area contributed by atoms with Crippen LogP contribution in [-0.2, 0) is 23.8 Å². The van der Waals surface area contributed by atoms with E-state index in [1.165, 1.54) is 24.9 Å². The Hall–Kier alpha value is -3.19. The highest BCUT2D eigenvalue weighted by Gasteiger charge is 2.38. The molecule has 2 heterocycles. The van der Waals surface area contributed by atoms with Crippen molar-refractivity contribution in [1.82, 2.24) is 9.80 Å². The number of ether oxygens (including phenoxy) is 2. The first-order valence-electron chi connectivity index (χ1n) is 12.3. The van der Waals surface area contributed by atoms with E-state index in [1.54, 1.807) is 18.2 Å². The number of nitrogens with zero attached hydrogens (tertiary/aromatic N) is 3. The van der Waals surface area contributed by atoms with Gasteiger partial charge in [-0.25, -0.2) is 0 Å². The van der Waals surface area contributed by atoms with E-state index in [2.05, 4.69) is 14.8 Å². The first-order valence-corrected chi connectivity index (χ1v) is 13.1. The highest BCUT2D eigenvalue weighted by molar-refractivity contribution is 8.18. The molecule has 2 aliphatic heterocycles. The summed E-state index contributed by atoms with van der Waals surface area (Å²) in [6.07, 6.45) is -8.11. The summed E-state index contributed by atoms with van der Waals surface area (Å²) >= 11 is 1.32. The van der Waals surface area contributed by atoms with Crippen molar-refractivity contribution in [3.8, 4) is 11.5 Å². The fourth-order valence-electron chi connectivity index (χ4n) is 4.25. The molecule has 0 spiro atoms. The molecule has 0 saturated carbocycles. The first-order chi connectivity index (χ1) is 18.8. The average molecular weight is 588 g/mol. The van der Waals surface area contributed by atoms with Gasteiger partial charge >= 0.3 is 12.4 Å². The van der Waals surface area contributed by atoms with Crippen LogP contribution < -0.4 is 9.47 Å². The molecule has 216 valence electrons. The number of piperazine rings is 1. The summed E-state index contributed by atoms with van der Waals surface area (Å²) < 4.78 is 90.2. The van der Waals surface area contributed by atoms with Gasteiger partial charge in [-0.3, -0.25) is 4.79 Å². The molecule has 0 bridgehead atoms. The Bertz CT molecular complexity index is 1320. The van der Waals surface area contributed by atoms with Gasteiger partial charge in [-0.15, -0.1) is 0 Å². The highest BCUT2D eigenvalue weighted by atomic mass is 32.2. The molecule has 2 aliphatic rings. The number of methoxy groups -OCH3 is 1. The van der Waals surface area contributed by atoms with Gasteiger partial charge in [0.1, 0.15) is 6.61 Å². The zero-order chi connectivity index (χ0) is 29.2. The number of aliphatic imine (C=N–C) groups is 1. The summed E-state index contributed by atoms with van der Waals surface area (Å²) in [4.78, 5) is 21.5. The van der Waals surface area contributed by atoms with Crippen LogP contribution in [0.1, 0.15) is 35.1 Å². The monoisotopic (exact) mass is 587 g/mol. The number of thioether (sulfide) groups is 1. The molecular weight excluding hydrogens is 560 g/mol. The van der Waals surface area contributed by atoms with Gasteiger partial charge < -0.3 is 19.3 Å². The SMILES string of the molecule is COc1cc(C(C)C=C2SC(N3CCN(C)CC3)=NC2=O)ccc1OCc1ccc(C(F)(F)F)cc1C(F)(F)F. The van der Waals surface area contributed by atoms with Crippen LogP contribution in [0.5, 0.6) is 11.5 Å². The summed E-state index contributed by atoms with van der Waals surface area (Å²) in [5.41, 5.74) is -2.51. The topological polar surface area (TPSA) is 54.4 Å². The minimum absolute atomic E-state index is 0.0788. The summed E-state index contributed by atoms with van der Waals surface area (Å²) in [6.45, 7) is 4.59. The number of likely N-dealkylation sites (N-methyl/N-ethyl adjacent to an activating group) is 1. The van der Waals surface area contributed by atoms with Crippen LogP contribution in [0.4, 0.5) is 26.3 Å². The predicted octanol–water partition coefficient (Wildman–Crippen LogP) is 6.18. The molecule has 2 aromatic rings. The number of carbonyl (C=O) groups is 1. The average Bonchev–Trinajstić information content (AvgIpc) is 3.26. The highest BCUT2D eigenvalue weighted by Crippen LogP contribution is 2.39. The van der Waals surface area contributed by atoms with Crippen LogP contribution in [-0.4, -0.2) is 61.2 Å². The number of alkyl halides is 6. The second-order valence-electron chi connectivity index (χ2n) is 9.48. The molecule has 0 aliphatic carbocycles. The number of hydrogen-bond acceptors (Lipinski definition) is 6. The fraction of sp³-hybridized carbons (Fsp3) is 0.407. The zero-order valence-electron chi connectivity index (χ0n) is 21.9. The molecule has 1 unspecified atom stereocenters. The standard InChI is InChI=1S/C27H27F6N3O3S/c1-16(12-23-24(37)34-25(40-23)36-10-8-35(2)9-11-36)17-5-7-21(22(13-17)38-3)39-15-18-4-6-19(26(28,29)30)14-20(18)27(31,32)33/h4-7,12-14,16H,8-11,15H2,1-3H3. The quantitative estimate of drug-likeness (QED) is 0.298. The number of halogens is 6. The number of hydrogen-bond donors (Lipinski definition) is 0. The Labute approximate surface area is 231 Å². The molecule has 13 heteroatoms. The summed E-state index contributed by atoms with van der Waals surface area (Å²) in [5, 5.41) is 0.680. The molecule has 1 amide bonds. The van der Waals surface area contributed by atoms with Crippen molar-refractivity contribution in [2.75, 3.05) is 40.3 Å². The first kappa shape index (κ1) is 29.8. The van der Waals surface area contributed by atoms with Crippen LogP contribution in [0.25, 0.3) is 0 Å². The Kier molecular flexibility index (Phi) is 8.74. The molecule has 4 rings (SSSR count). The molecule has 1 saturated heterocycles. The van der Waals surface area contributed by atoms with Crippen molar-refractivity contribution < 1.29 is 40.6 Å². The third kappa shape index (κ3) is 6.92. The van der Waals surface area contributed by atoms with Gasteiger partial charge in [0, 0.05) is 37.7 Å². The van der Waals surface area contributed by atoms with Gasteiger partial charge in [-0.1, -0.05) is 25.1 Å². The molecule has 1 fully saturated rings. The minimum atomic E-state index is -5.00. The van der Waals surface area contributed by atoms with Crippen LogP contribution >= 0.6 is 11.8 Å². The fourth-order valence-corrected chi connectivity index (χ4v) is 5.30. The smallest absolute Gasteiger partial charge is 0.416 e. The lowest BCUT2D eigenvalue weighted by molar-refractivity contribution is -0.143. The number of allylic oxidation sites excluding steroid dienone is 1. The Balaban J connectivity index is 1.47. The van der Waals surface area contributed by atoms with Crippen molar-refractivity contribution in [3.05, 3.63) is 69.6 Å². The minimum Gasteiger partial charge on any atom is -0.493 e. The normalized spacial score (nSPS) is 18.7. The second kappa shape index (κ2) is 11.7. The van der Waals surface area contributed by atoms with Gasteiger partial charge in [-0.2, -0.15) is 31.3 Å². The van der Waals surface area contributed by atoms with Gasteiger partial charge in [0.05, 0.1) is 23.1 Å². The van der Waals surface area contributed by atoms with E-state index in [-0.39, 0.29) is 29.4 Å². The molecule has 40 heavy (non-hydrogen) atoms. The van der Waals surface area contributed by atoms with Crippen LogP contribution in [0, 0.1) is 0 Å². The number of carbonyl (C=O) groups excluding carboxylic acids is 1. The van der Waals surface area contributed by atoms with E-state index in [0.29, 0.717) is 16.1 Å². The maximum atomic E-state index is 13.5. The summed E-state index contributed by atoms with van der Waals surface area (Å²) in [7, 11) is 3.40. The van der Waals surface area contributed by atoms with Crippen LogP contribution in [0.3, 0.4) is 0 Å². The maximum absolute atomic E-state index is 13.5. The van der Waals surface area contributed by atoms with E-state index in [0.717, 1.165) is 37.8 Å². The van der Waals surface area contributed by atoms with E-state index in [1.807, 2.05) is 14.0 Å². The maximum Gasteiger partial charge on any atom is 0.416 e. The number of rotatable bonds is 6. The van der Waals surface area contributed by atoms with Gasteiger partial charge in [0.25, 0.3) is 5.91 Å². The zero-order valence-corrected chi connectivity index (χ0v) is 22.7. The molecule has 0 aromatic heterocycles. The molecule has 0 N–H and O–H groups in total. The Morgan fingerprint density at radius 2 is 1.70 bits per heavy atom. The van der Waals surface area contributed by atoms with Crippen molar-refractivity contribution in [3.63, 3.8) is 0 Å². The number of amides is 1. The predicted molar refractivity (Wildman–Crippen MR) is 139 cm³/mol. The molecular formula is C27H27F6N3O3S. The molecule has 2 aromatic carbocycles. The van der Waals surface area contributed by atoms with Crippen molar-refractivity contribution in [1.29, 1.82) is 0 Å². The van der Waals surface area contributed by atoms with E-state index >= 15 is 0 Å². The number of benzene rings is 2. The third-order valence-electron chi connectivity index (χ3n) is 6.62. The molecule has 6 nitrogen and oxygen atoms in total. The van der Waals surface area contributed by atoms with E-state index in [9.17, 15) is 31.1 Å². The number of amidine groups is 1. The Morgan fingerprint density at radius 1 is 1.00 bits per heavy atom. The van der Waals surface area contributed by atoms with Gasteiger partial charge in [0.15, 0.2) is 16.7 Å². The van der Waals surface area contributed by atoms with Crippen LogP contribution in [0.15, 0.2) is 52.4 Å². The van der Waals surface area contributed by atoms with E-state index in [4.69, 9.17) is 9.47 Å². The van der Waals surface area contributed by atoms with Crippen molar-refractivity contribution >= 4 is 22.8 Å². The van der Waals surface area contributed by atoms with Gasteiger partial charge in [0.2, 0.25) is 0 Å².